The summed E-state index contributed by atoms with van der Waals surface area (Å²) in [6, 6.07) is 7.97. The number of aliphatic hydroxyl groups is 6. The molecule has 0 radical (unpaired) electrons. The van der Waals surface area contributed by atoms with Crippen LogP contribution < -0.4 is 0 Å². The zero-order valence-corrected chi connectivity index (χ0v) is 15.9. The predicted octanol–water partition coefficient (Wildman–Crippen LogP) is -2.85. The van der Waals surface area contributed by atoms with Crippen molar-refractivity contribution in [2.45, 2.75) is 55.1 Å². The van der Waals surface area contributed by atoms with Crippen LogP contribution in [0.4, 0.5) is 0 Å². The summed E-state index contributed by atoms with van der Waals surface area (Å²) < 4.78 is 21.3. The summed E-state index contributed by atoms with van der Waals surface area (Å²) in [5, 5.41) is 59.7. The Kier molecular flexibility index (Phi) is 7.74. The van der Waals surface area contributed by atoms with E-state index in [2.05, 4.69) is 0 Å². The van der Waals surface area contributed by atoms with Crippen LogP contribution in [0.15, 0.2) is 30.3 Å². The molecule has 168 valence electrons. The van der Waals surface area contributed by atoms with Gasteiger partial charge in [0.1, 0.15) is 42.7 Å². The summed E-state index contributed by atoms with van der Waals surface area (Å²) in [5.41, 5.74) is 0.212. The molecule has 0 bridgehead atoms. The third-order valence-corrected chi connectivity index (χ3v) is 5.15. The number of ether oxygens (including phenoxy) is 4. The Morgan fingerprint density at radius 1 is 0.933 bits per heavy atom. The van der Waals surface area contributed by atoms with E-state index >= 15 is 0 Å². The van der Waals surface area contributed by atoms with Crippen molar-refractivity contribution in [2.24, 2.45) is 0 Å². The summed E-state index contributed by atoms with van der Waals surface area (Å²) in [5.74, 6) is -0.775. The van der Waals surface area contributed by atoms with Crippen molar-refractivity contribution in [3.05, 3.63) is 35.9 Å². The number of benzene rings is 1. The van der Waals surface area contributed by atoms with Crippen LogP contribution in [0, 0.1) is 0 Å². The number of rotatable bonds is 6. The van der Waals surface area contributed by atoms with Gasteiger partial charge in [-0.2, -0.15) is 0 Å². The Morgan fingerprint density at radius 3 is 2.23 bits per heavy atom. The minimum atomic E-state index is -1.69. The van der Waals surface area contributed by atoms with Crippen molar-refractivity contribution >= 4 is 5.97 Å². The van der Waals surface area contributed by atoms with Gasteiger partial charge in [0.05, 0.1) is 25.4 Å². The molecule has 9 atom stereocenters. The van der Waals surface area contributed by atoms with Crippen LogP contribution in [0.3, 0.4) is 0 Å². The van der Waals surface area contributed by atoms with Gasteiger partial charge < -0.3 is 49.6 Å². The molecule has 2 heterocycles. The van der Waals surface area contributed by atoms with E-state index in [1.807, 2.05) is 0 Å². The Hall–Kier alpha value is -1.67. The van der Waals surface area contributed by atoms with Gasteiger partial charge in [-0.15, -0.1) is 0 Å². The average Bonchev–Trinajstić information content (AvgIpc) is 2.77. The van der Waals surface area contributed by atoms with E-state index in [0.717, 1.165) is 0 Å². The highest BCUT2D eigenvalue weighted by molar-refractivity contribution is 5.89. The van der Waals surface area contributed by atoms with Crippen molar-refractivity contribution in [3.8, 4) is 0 Å². The smallest absolute Gasteiger partial charge is 0.338 e. The minimum absolute atomic E-state index is 0.212. The predicted molar refractivity (Wildman–Crippen MR) is 97.1 cm³/mol. The van der Waals surface area contributed by atoms with Crippen LogP contribution in [-0.2, 0) is 18.9 Å². The quantitative estimate of drug-likeness (QED) is 0.256. The topological polar surface area (TPSA) is 175 Å². The maximum absolute atomic E-state index is 12.3. The molecule has 2 aliphatic heterocycles. The summed E-state index contributed by atoms with van der Waals surface area (Å²) in [6.07, 6.45) is -12.5. The minimum Gasteiger partial charge on any atom is -0.453 e. The molecule has 0 saturated carbocycles. The van der Waals surface area contributed by atoms with Gasteiger partial charge in [0, 0.05) is 0 Å². The summed E-state index contributed by atoms with van der Waals surface area (Å²) in [6.45, 7) is -1.38. The highest BCUT2D eigenvalue weighted by Gasteiger charge is 2.49. The van der Waals surface area contributed by atoms with Crippen molar-refractivity contribution in [3.63, 3.8) is 0 Å². The third kappa shape index (κ3) is 4.80. The maximum atomic E-state index is 12.3. The second kappa shape index (κ2) is 10.1. The number of carbonyl (C=O) groups is 1. The molecule has 11 nitrogen and oxygen atoms in total. The lowest BCUT2D eigenvalue weighted by Crippen LogP contribution is -2.63. The highest BCUT2D eigenvalue weighted by Crippen LogP contribution is 2.28. The Morgan fingerprint density at radius 2 is 1.60 bits per heavy atom. The Bertz CT molecular complexity index is 684. The molecular formula is C19H26O11. The summed E-state index contributed by atoms with van der Waals surface area (Å²) in [4.78, 5) is 12.3. The SMILES string of the molecule is O=C(OC1C(CO)OC(OC2CO[C@@H](CO)[C@@H](O)C2O)C(O)C1O)c1ccccc1. The molecule has 2 saturated heterocycles. The van der Waals surface area contributed by atoms with Crippen molar-refractivity contribution in [1.29, 1.82) is 0 Å². The van der Waals surface area contributed by atoms with Gasteiger partial charge in [-0.3, -0.25) is 0 Å². The Labute approximate surface area is 172 Å². The second-order valence-electron chi connectivity index (χ2n) is 7.15. The van der Waals surface area contributed by atoms with Gasteiger partial charge in [0.25, 0.3) is 0 Å². The van der Waals surface area contributed by atoms with E-state index < -0.39 is 74.3 Å². The second-order valence-corrected chi connectivity index (χ2v) is 7.15. The molecule has 30 heavy (non-hydrogen) atoms. The van der Waals surface area contributed by atoms with Gasteiger partial charge >= 0.3 is 5.97 Å². The van der Waals surface area contributed by atoms with E-state index in [0.29, 0.717) is 0 Å². The molecule has 0 spiro atoms. The molecule has 1 aromatic rings. The summed E-state index contributed by atoms with van der Waals surface area (Å²) >= 11 is 0. The fraction of sp³-hybridized carbons (Fsp3) is 0.632. The molecule has 0 aromatic heterocycles. The molecule has 11 heteroatoms. The monoisotopic (exact) mass is 430 g/mol. The van der Waals surface area contributed by atoms with Crippen LogP contribution in [0.1, 0.15) is 10.4 Å². The van der Waals surface area contributed by atoms with E-state index in [1.54, 1.807) is 18.2 Å². The standard InChI is InChI=1S/C19H26O11/c20-6-10-13(22)14(23)12(8-27-10)29-19-16(25)15(24)17(11(7-21)28-19)30-18(26)9-4-2-1-3-5-9/h1-5,10-17,19-25H,6-8H2/t10-,11?,12?,13+,14?,15?,16?,17?,19?/m0/s1. The first-order valence-corrected chi connectivity index (χ1v) is 9.50. The number of aliphatic hydroxyl groups excluding tert-OH is 6. The van der Waals surface area contributed by atoms with Gasteiger partial charge in [-0.25, -0.2) is 4.79 Å². The molecule has 2 aliphatic rings. The zero-order chi connectivity index (χ0) is 21.8. The number of hydrogen-bond donors (Lipinski definition) is 6. The third-order valence-electron chi connectivity index (χ3n) is 5.15. The fourth-order valence-electron chi connectivity index (χ4n) is 3.38. The van der Waals surface area contributed by atoms with Gasteiger partial charge in [0.2, 0.25) is 0 Å². The molecule has 6 N–H and O–H groups in total. The van der Waals surface area contributed by atoms with Crippen molar-refractivity contribution < 1.29 is 54.4 Å². The molecule has 7 unspecified atom stereocenters. The zero-order valence-electron chi connectivity index (χ0n) is 15.9. The van der Waals surface area contributed by atoms with Crippen LogP contribution in [0.5, 0.6) is 0 Å². The molecule has 0 aliphatic carbocycles. The number of carbonyl (C=O) groups excluding carboxylic acids is 1. The molecule has 2 fully saturated rings. The van der Waals surface area contributed by atoms with E-state index in [1.165, 1.54) is 12.1 Å². The Balaban J connectivity index is 1.66. The number of hydrogen-bond acceptors (Lipinski definition) is 11. The lowest BCUT2D eigenvalue weighted by Gasteiger charge is -2.44. The average molecular weight is 430 g/mol. The first kappa shape index (κ1) is 23.0. The van der Waals surface area contributed by atoms with Crippen LogP contribution in [0.2, 0.25) is 0 Å². The van der Waals surface area contributed by atoms with Gasteiger partial charge in [-0.1, -0.05) is 18.2 Å². The van der Waals surface area contributed by atoms with Gasteiger partial charge in [-0.05, 0) is 12.1 Å². The normalized spacial score (nSPS) is 39.5. The van der Waals surface area contributed by atoms with Crippen molar-refractivity contribution in [1.82, 2.24) is 0 Å². The lowest BCUT2D eigenvalue weighted by molar-refractivity contribution is -0.331. The largest absolute Gasteiger partial charge is 0.453 e. The lowest BCUT2D eigenvalue weighted by atomic mass is 9.97. The van der Waals surface area contributed by atoms with Crippen LogP contribution in [-0.4, -0.2) is 112 Å². The molecule has 1 aromatic carbocycles. The highest BCUT2D eigenvalue weighted by atomic mass is 16.7. The van der Waals surface area contributed by atoms with E-state index in [4.69, 9.17) is 24.1 Å². The van der Waals surface area contributed by atoms with E-state index in [9.17, 15) is 30.3 Å². The molecular weight excluding hydrogens is 404 g/mol. The van der Waals surface area contributed by atoms with Crippen LogP contribution >= 0.6 is 0 Å². The van der Waals surface area contributed by atoms with Crippen molar-refractivity contribution in [2.75, 3.05) is 19.8 Å². The molecule has 0 amide bonds. The first-order chi connectivity index (χ1) is 14.4. The molecule has 3 rings (SSSR count). The maximum Gasteiger partial charge on any atom is 0.338 e. The fourth-order valence-corrected chi connectivity index (χ4v) is 3.38. The summed E-state index contributed by atoms with van der Waals surface area (Å²) in [7, 11) is 0. The van der Waals surface area contributed by atoms with Gasteiger partial charge in [0.15, 0.2) is 12.4 Å². The van der Waals surface area contributed by atoms with E-state index in [-0.39, 0.29) is 12.2 Å². The van der Waals surface area contributed by atoms with Crippen LogP contribution in [0.25, 0.3) is 0 Å². The first-order valence-electron chi connectivity index (χ1n) is 9.50. The number of esters is 1.